The average molecular weight is 529 g/mol. The van der Waals surface area contributed by atoms with Crippen LogP contribution in [0.3, 0.4) is 0 Å². The summed E-state index contributed by atoms with van der Waals surface area (Å²) in [5, 5.41) is 16.5. The molecule has 0 spiro atoms. The summed E-state index contributed by atoms with van der Waals surface area (Å²) in [5.41, 5.74) is 2.61. The monoisotopic (exact) mass is 528 g/mol. The second kappa shape index (κ2) is 14.2. The molecule has 1 aromatic rings. The van der Waals surface area contributed by atoms with Gasteiger partial charge in [0, 0.05) is 39.8 Å². The minimum absolute atomic E-state index is 0. The molecule has 0 unspecified atom stereocenters. The molecule has 1 aliphatic carbocycles. The quantitative estimate of drug-likeness (QED) is 0.204. The second-order valence-corrected chi connectivity index (χ2v) is 8.82. The van der Waals surface area contributed by atoms with Crippen LogP contribution in [0.25, 0.3) is 0 Å². The molecule has 3 rings (SSSR count). The van der Waals surface area contributed by atoms with Crippen molar-refractivity contribution in [3.05, 3.63) is 35.4 Å². The van der Waals surface area contributed by atoms with Crippen LogP contribution in [0.2, 0.25) is 0 Å². The molecule has 30 heavy (non-hydrogen) atoms. The molecular formula is C24H41IN4O. The number of hydrogen-bond donors (Lipinski definition) is 3. The Morgan fingerprint density at radius 3 is 2.33 bits per heavy atom. The van der Waals surface area contributed by atoms with E-state index in [-0.39, 0.29) is 30.1 Å². The number of benzene rings is 1. The maximum Gasteiger partial charge on any atom is 0.191 e. The molecule has 1 heterocycles. The number of aliphatic imine (C=N–C) groups is 1. The van der Waals surface area contributed by atoms with E-state index in [1.165, 1.54) is 56.1 Å². The predicted molar refractivity (Wildman–Crippen MR) is 136 cm³/mol. The Morgan fingerprint density at radius 1 is 1.00 bits per heavy atom. The number of hydrogen-bond acceptors (Lipinski definition) is 3. The van der Waals surface area contributed by atoms with Crippen molar-refractivity contribution in [2.75, 3.05) is 26.7 Å². The standard InChI is InChI=1S/C24H40N4O.HI/c1-25-24(26-15-5-8-20-6-3-2-4-7-20)27-18-21-9-11-22(12-10-21)19-28-16-13-23(29)14-17-28;/h9-12,20,23,29H,2-8,13-19H2,1H3,(H2,25,26,27);1H. The van der Waals surface area contributed by atoms with Gasteiger partial charge in [0.1, 0.15) is 0 Å². The number of guanidine groups is 1. The summed E-state index contributed by atoms with van der Waals surface area (Å²) in [6.07, 6.45) is 11.4. The van der Waals surface area contributed by atoms with Crippen LogP contribution in [0.1, 0.15) is 68.9 Å². The highest BCUT2D eigenvalue weighted by Gasteiger charge is 2.16. The average Bonchev–Trinajstić information content (AvgIpc) is 2.76. The van der Waals surface area contributed by atoms with E-state index in [0.717, 1.165) is 57.4 Å². The van der Waals surface area contributed by atoms with E-state index in [1.54, 1.807) is 0 Å². The van der Waals surface area contributed by atoms with Crippen LogP contribution >= 0.6 is 24.0 Å². The number of rotatable bonds is 8. The zero-order valence-electron chi connectivity index (χ0n) is 18.6. The first-order valence-electron chi connectivity index (χ1n) is 11.7. The van der Waals surface area contributed by atoms with Gasteiger partial charge in [0.05, 0.1) is 6.10 Å². The molecule has 1 aliphatic heterocycles. The fourth-order valence-corrected chi connectivity index (χ4v) is 4.58. The van der Waals surface area contributed by atoms with Gasteiger partial charge in [-0.25, -0.2) is 0 Å². The first-order chi connectivity index (χ1) is 14.2. The van der Waals surface area contributed by atoms with E-state index in [0.29, 0.717) is 0 Å². The van der Waals surface area contributed by atoms with Crippen molar-refractivity contribution in [1.29, 1.82) is 0 Å². The van der Waals surface area contributed by atoms with Gasteiger partial charge < -0.3 is 15.7 Å². The fourth-order valence-electron chi connectivity index (χ4n) is 4.58. The van der Waals surface area contributed by atoms with Crippen molar-refractivity contribution in [3.63, 3.8) is 0 Å². The second-order valence-electron chi connectivity index (χ2n) is 8.82. The molecule has 2 aliphatic rings. The van der Waals surface area contributed by atoms with Gasteiger partial charge in [0.15, 0.2) is 5.96 Å². The number of aliphatic hydroxyl groups excluding tert-OH is 1. The summed E-state index contributed by atoms with van der Waals surface area (Å²) < 4.78 is 0. The van der Waals surface area contributed by atoms with Crippen molar-refractivity contribution in [2.45, 2.75) is 77.0 Å². The van der Waals surface area contributed by atoms with Crippen molar-refractivity contribution >= 4 is 29.9 Å². The lowest BCUT2D eigenvalue weighted by molar-refractivity contribution is 0.0792. The lowest BCUT2D eigenvalue weighted by Gasteiger charge is -2.29. The Balaban J connectivity index is 0.00000320. The third-order valence-electron chi connectivity index (χ3n) is 6.48. The van der Waals surface area contributed by atoms with Crippen LogP contribution in [0.5, 0.6) is 0 Å². The van der Waals surface area contributed by atoms with Gasteiger partial charge in [0.25, 0.3) is 0 Å². The van der Waals surface area contributed by atoms with Gasteiger partial charge in [0.2, 0.25) is 0 Å². The van der Waals surface area contributed by atoms with Crippen LogP contribution < -0.4 is 10.6 Å². The highest BCUT2D eigenvalue weighted by Crippen LogP contribution is 2.26. The largest absolute Gasteiger partial charge is 0.393 e. The van der Waals surface area contributed by atoms with Crippen molar-refractivity contribution < 1.29 is 5.11 Å². The third kappa shape index (κ3) is 9.10. The third-order valence-corrected chi connectivity index (χ3v) is 6.48. The summed E-state index contributed by atoms with van der Waals surface area (Å²) in [6, 6.07) is 8.86. The molecule has 0 aromatic heterocycles. The predicted octanol–water partition coefficient (Wildman–Crippen LogP) is 4.29. The summed E-state index contributed by atoms with van der Waals surface area (Å²) in [4.78, 5) is 6.79. The van der Waals surface area contributed by atoms with Crippen LogP contribution in [-0.4, -0.2) is 48.8 Å². The number of halogens is 1. The minimum Gasteiger partial charge on any atom is -0.393 e. The SMILES string of the molecule is CN=C(NCCCC1CCCCC1)NCc1ccc(CN2CCC(O)CC2)cc1.I. The maximum atomic E-state index is 9.63. The van der Waals surface area contributed by atoms with E-state index in [9.17, 15) is 5.11 Å². The molecule has 6 heteroatoms. The highest BCUT2D eigenvalue weighted by molar-refractivity contribution is 14.0. The van der Waals surface area contributed by atoms with E-state index < -0.39 is 0 Å². The molecule has 0 atom stereocenters. The zero-order valence-corrected chi connectivity index (χ0v) is 20.9. The zero-order chi connectivity index (χ0) is 20.3. The van der Waals surface area contributed by atoms with Gasteiger partial charge in [-0.05, 0) is 42.7 Å². The van der Waals surface area contributed by atoms with Crippen molar-refractivity contribution in [1.82, 2.24) is 15.5 Å². The topological polar surface area (TPSA) is 59.9 Å². The molecule has 0 radical (unpaired) electrons. The van der Waals surface area contributed by atoms with Gasteiger partial charge in [-0.15, -0.1) is 24.0 Å². The molecule has 170 valence electrons. The van der Waals surface area contributed by atoms with E-state index in [2.05, 4.69) is 44.8 Å². The molecule has 3 N–H and O–H groups in total. The summed E-state index contributed by atoms with van der Waals surface area (Å²) in [6.45, 7) is 4.75. The molecule has 0 bridgehead atoms. The summed E-state index contributed by atoms with van der Waals surface area (Å²) in [7, 11) is 1.84. The molecule has 1 aromatic carbocycles. The van der Waals surface area contributed by atoms with E-state index >= 15 is 0 Å². The highest BCUT2D eigenvalue weighted by atomic mass is 127. The van der Waals surface area contributed by atoms with Crippen molar-refractivity contribution in [3.8, 4) is 0 Å². The Bertz CT molecular complexity index is 608. The summed E-state index contributed by atoms with van der Waals surface area (Å²) >= 11 is 0. The van der Waals surface area contributed by atoms with Crippen LogP contribution in [0, 0.1) is 5.92 Å². The Labute approximate surface area is 200 Å². The maximum absolute atomic E-state index is 9.63. The minimum atomic E-state index is -0.102. The lowest BCUT2D eigenvalue weighted by Crippen LogP contribution is -2.37. The lowest BCUT2D eigenvalue weighted by atomic mass is 9.86. The van der Waals surface area contributed by atoms with Crippen molar-refractivity contribution in [2.24, 2.45) is 10.9 Å². The number of likely N-dealkylation sites (tertiary alicyclic amines) is 1. The molecule has 1 saturated carbocycles. The van der Waals surface area contributed by atoms with Crippen LogP contribution in [0.15, 0.2) is 29.3 Å². The fraction of sp³-hybridized carbons (Fsp3) is 0.708. The Morgan fingerprint density at radius 2 is 1.67 bits per heavy atom. The normalized spacial score (nSPS) is 19.3. The van der Waals surface area contributed by atoms with Gasteiger partial charge >= 0.3 is 0 Å². The summed E-state index contributed by atoms with van der Waals surface area (Å²) in [5.74, 6) is 1.85. The first-order valence-corrected chi connectivity index (χ1v) is 11.7. The van der Waals surface area contributed by atoms with Gasteiger partial charge in [-0.1, -0.05) is 56.4 Å². The number of piperidine rings is 1. The van der Waals surface area contributed by atoms with Crippen LogP contribution in [-0.2, 0) is 13.1 Å². The Hall–Kier alpha value is -0.860. The molecule has 2 fully saturated rings. The Kier molecular flexibility index (Phi) is 12.1. The molecule has 5 nitrogen and oxygen atoms in total. The van der Waals surface area contributed by atoms with Gasteiger partial charge in [-0.2, -0.15) is 0 Å². The smallest absolute Gasteiger partial charge is 0.191 e. The number of aliphatic hydroxyl groups is 1. The van der Waals surface area contributed by atoms with E-state index in [4.69, 9.17) is 0 Å². The molecular weight excluding hydrogens is 487 g/mol. The number of nitrogens with one attached hydrogen (secondary N) is 2. The van der Waals surface area contributed by atoms with Gasteiger partial charge in [-0.3, -0.25) is 9.89 Å². The first kappa shape index (κ1) is 25.4. The molecule has 1 saturated heterocycles. The molecule has 0 amide bonds. The number of nitrogens with zero attached hydrogens (tertiary/aromatic N) is 2. The van der Waals surface area contributed by atoms with Crippen LogP contribution in [0.4, 0.5) is 0 Å². The van der Waals surface area contributed by atoms with E-state index in [1.807, 2.05) is 7.05 Å².